The smallest absolute Gasteiger partial charge is 0.195 e. The van der Waals surface area contributed by atoms with E-state index in [0.717, 1.165) is 12.8 Å². The Morgan fingerprint density at radius 3 is 2.93 bits per heavy atom. The second kappa shape index (κ2) is 3.98. The van der Waals surface area contributed by atoms with Crippen molar-refractivity contribution in [2.45, 2.75) is 18.9 Å². The number of carbonyl (C=O) groups excluding carboxylic acids is 1. The van der Waals surface area contributed by atoms with Crippen molar-refractivity contribution in [3.8, 4) is 0 Å². The molecule has 2 N–H and O–H groups in total. The van der Waals surface area contributed by atoms with E-state index in [1.807, 2.05) is 0 Å². The summed E-state index contributed by atoms with van der Waals surface area (Å²) < 4.78 is 5.21. The third-order valence-corrected chi connectivity index (χ3v) is 2.67. The maximum Gasteiger partial charge on any atom is 0.195 e. The molecule has 0 radical (unpaired) electrons. The quantitative estimate of drug-likeness (QED) is 0.753. The third-order valence-electron chi connectivity index (χ3n) is 2.67. The van der Waals surface area contributed by atoms with Crippen molar-refractivity contribution in [1.29, 1.82) is 0 Å². The number of ether oxygens (including phenoxy) is 1. The molecule has 1 atom stereocenters. The highest BCUT2D eigenvalue weighted by molar-refractivity contribution is 6.03. The van der Waals surface area contributed by atoms with Crippen molar-refractivity contribution in [2.75, 3.05) is 12.8 Å². The molecule has 0 aromatic carbocycles. The molecule has 1 unspecified atom stereocenters. The Bertz CT molecular complexity index is 375. The number of ketones is 1. The molecule has 0 aliphatic heterocycles. The normalized spacial score (nSPS) is 17.4. The molecule has 1 aliphatic rings. The lowest BCUT2D eigenvalue weighted by Gasteiger charge is -2.13. The van der Waals surface area contributed by atoms with Crippen LogP contribution in [0.4, 0.5) is 5.82 Å². The molecule has 1 fully saturated rings. The van der Waals surface area contributed by atoms with E-state index >= 15 is 0 Å². The number of hydrogen-bond acceptors (Lipinski definition) is 4. The first-order chi connectivity index (χ1) is 7.24. The molecule has 0 spiro atoms. The van der Waals surface area contributed by atoms with Crippen molar-refractivity contribution < 1.29 is 9.53 Å². The number of Topliss-reactive ketones (excluding diaryl/α,β-unsaturated/α-hetero) is 1. The van der Waals surface area contributed by atoms with Crippen LogP contribution in [0.25, 0.3) is 0 Å². The van der Waals surface area contributed by atoms with Gasteiger partial charge < -0.3 is 10.5 Å². The first-order valence-electron chi connectivity index (χ1n) is 5.01. The third kappa shape index (κ3) is 1.99. The fraction of sp³-hybridized carbons (Fsp3) is 0.455. The highest BCUT2D eigenvalue weighted by Crippen LogP contribution is 2.35. The largest absolute Gasteiger partial charge is 0.383 e. The summed E-state index contributed by atoms with van der Waals surface area (Å²) in [5.41, 5.74) is 6.12. The van der Waals surface area contributed by atoms with Crippen molar-refractivity contribution in [1.82, 2.24) is 4.98 Å². The molecule has 80 valence electrons. The highest BCUT2D eigenvalue weighted by atomic mass is 16.5. The molecule has 0 amide bonds. The van der Waals surface area contributed by atoms with E-state index in [1.54, 1.807) is 25.4 Å². The average molecular weight is 206 g/mol. The molecule has 1 heterocycles. The molecular formula is C11H14N2O2. The van der Waals surface area contributed by atoms with Gasteiger partial charge in [0.2, 0.25) is 0 Å². The monoisotopic (exact) mass is 206 g/mol. The first kappa shape index (κ1) is 10.1. The van der Waals surface area contributed by atoms with E-state index in [2.05, 4.69) is 4.98 Å². The lowest BCUT2D eigenvalue weighted by Crippen LogP contribution is -2.26. The number of nitrogens with zero attached hydrogens (tertiary/aromatic N) is 1. The van der Waals surface area contributed by atoms with Gasteiger partial charge >= 0.3 is 0 Å². The van der Waals surface area contributed by atoms with Crippen LogP contribution in [0.5, 0.6) is 0 Å². The summed E-state index contributed by atoms with van der Waals surface area (Å²) in [7, 11) is 1.56. The van der Waals surface area contributed by atoms with Crippen LogP contribution in [0.2, 0.25) is 0 Å². The summed E-state index contributed by atoms with van der Waals surface area (Å²) in [5, 5.41) is 0. The van der Waals surface area contributed by atoms with Crippen LogP contribution in [-0.2, 0) is 4.74 Å². The molecule has 1 aromatic heterocycles. The summed E-state index contributed by atoms with van der Waals surface area (Å²) in [4.78, 5) is 15.9. The highest BCUT2D eigenvalue weighted by Gasteiger charge is 2.37. The van der Waals surface area contributed by atoms with Gasteiger partial charge in [0, 0.05) is 13.3 Å². The van der Waals surface area contributed by atoms with Gasteiger partial charge in [-0.15, -0.1) is 0 Å². The Hall–Kier alpha value is -1.42. The summed E-state index contributed by atoms with van der Waals surface area (Å²) in [6.07, 6.45) is 3.34. The van der Waals surface area contributed by atoms with Crippen molar-refractivity contribution in [2.24, 2.45) is 5.92 Å². The maximum atomic E-state index is 12.0. The van der Waals surface area contributed by atoms with Gasteiger partial charge in [0.1, 0.15) is 11.9 Å². The van der Waals surface area contributed by atoms with Gasteiger partial charge in [-0.2, -0.15) is 0 Å². The minimum absolute atomic E-state index is 0.0504. The van der Waals surface area contributed by atoms with Crippen LogP contribution in [0.15, 0.2) is 18.3 Å². The number of nitrogens with two attached hydrogens (primary N) is 1. The lowest BCUT2D eigenvalue weighted by atomic mass is 10.0. The predicted molar refractivity (Wildman–Crippen MR) is 56.5 cm³/mol. The van der Waals surface area contributed by atoms with Crippen LogP contribution in [0, 0.1) is 5.92 Å². The number of nitrogen functional groups attached to an aromatic ring is 1. The number of rotatable bonds is 4. The SMILES string of the molecule is COC(C(=O)c1cccnc1N)C1CC1. The number of pyridine rings is 1. The Labute approximate surface area is 88.4 Å². The van der Waals surface area contributed by atoms with Gasteiger partial charge in [0.25, 0.3) is 0 Å². The van der Waals surface area contributed by atoms with Crippen molar-refractivity contribution in [3.05, 3.63) is 23.9 Å². The standard InChI is InChI=1S/C11H14N2O2/c1-15-10(7-4-5-7)9(14)8-3-2-6-13-11(8)12/h2-3,6-7,10H,4-5H2,1H3,(H2,12,13). The fourth-order valence-corrected chi connectivity index (χ4v) is 1.69. The van der Waals surface area contributed by atoms with Gasteiger partial charge in [-0.1, -0.05) is 0 Å². The fourth-order valence-electron chi connectivity index (χ4n) is 1.69. The van der Waals surface area contributed by atoms with Crippen molar-refractivity contribution in [3.63, 3.8) is 0 Å². The van der Waals surface area contributed by atoms with Gasteiger partial charge in [-0.05, 0) is 30.9 Å². The van der Waals surface area contributed by atoms with Crippen LogP contribution >= 0.6 is 0 Å². The Morgan fingerprint density at radius 1 is 1.67 bits per heavy atom. The second-order valence-electron chi connectivity index (χ2n) is 3.79. The first-order valence-corrected chi connectivity index (χ1v) is 5.01. The molecule has 0 bridgehead atoms. The van der Waals surface area contributed by atoms with Gasteiger partial charge in [0.15, 0.2) is 5.78 Å². The zero-order chi connectivity index (χ0) is 10.8. The number of aromatic nitrogens is 1. The van der Waals surface area contributed by atoms with E-state index in [0.29, 0.717) is 11.5 Å². The van der Waals surface area contributed by atoms with E-state index in [1.165, 1.54) is 0 Å². The molecule has 0 saturated heterocycles. The van der Waals surface area contributed by atoms with Gasteiger partial charge in [-0.25, -0.2) is 4.98 Å². The Morgan fingerprint density at radius 2 is 2.40 bits per heavy atom. The topological polar surface area (TPSA) is 65.2 Å². The molecule has 4 heteroatoms. The summed E-state index contributed by atoms with van der Waals surface area (Å²) >= 11 is 0. The Kier molecular flexibility index (Phi) is 2.68. The van der Waals surface area contributed by atoms with Gasteiger partial charge in [-0.3, -0.25) is 4.79 Å². The lowest BCUT2D eigenvalue weighted by molar-refractivity contribution is 0.0540. The maximum absolute atomic E-state index is 12.0. The molecule has 2 rings (SSSR count). The minimum atomic E-state index is -0.350. The molecule has 15 heavy (non-hydrogen) atoms. The number of carbonyl (C=O) groups is 1. The molecular weight excluding hydrogens is 192 g/mol. The second-order valence-corrected chi connectivity index (χ2v) is 3.79. The predicted octanol–water partition coefficient (Wildman–Crippen LogP) is 1.27. The molecule has 1 aliphatic carbocycles. The average Bonchev–Trinajstić information content (AvgIpc) is 3.03. The van der Waals surface area contributed by atoms with Crippen LogP contribution in [0.1, 0.15) is 23.2 Å². The van der Waals surface area contributed by atoms with E-state index in [4.69, 9.17) is 10.5 Å². The Balaban J connectivity index is 2.22. The zero-order valence-electron chi connectivity index (χ0n) is 8.64. The van der Waals surface area contributed by atoms with E-state index < -0.39 is 0 Å². The van der Waals surface area contributed by atoms with Crippen molar-refractivity contribution >= 4 is 11.6 Å². The van der Waals surface area contributed by atoms with Crippen LogP contribution < -0.4 is 5.73 Å². The summed E-state index contributed by atoms with van der Waals surface area (Å²) in [6.45, 7) is 0. The zero-order valence-corrected chi connectivity index (χ0v) is 8.64. The molecule has 1 aromatic rings. The van der Waals surface area contributed by atoms with Gasteiger partial charge in [0.05, 0.1) is 5.56 Å². The van der Waals surface area contributed by atoms with E-state index in [-0.39, 0.29) is 17.7 Å². The van der Waals surface area contributed by atoms with Crippen LogP contribution in [0.3, 0.4) is 0 Å². The number of hydrogen-bond donors (Lipinski definition) is 1. The van der Waals surface area contributed by atoms with E-state index in [9.17, 15) is 4.79 Å². The van der Waals surface area contributed by atoms with Crippen LogP contribution in [-0.4, -0.2) is 24.0 Å². The molecule has 1 saturated carbocycles. The minimum Gasteiger partial charge on any atom is -0.383 e. The summed E-state index contributed by atoms with van der Waals surface area (Å²) in [5.74, 6) is 0.595. The summed E-state index contributed by atoms with van der Waals surface area (Å²) in [6, 6.07) is 3.41. The number of anilines is 1. The molecule has 4 nitrogen and oxygen atoms in total. The number of methoxy groups -OCH3 is 1.